The molecule has 0 aliphatic rings. The van der Waals surface area contributed by atoms with Crippen LogP contribution in [0, 0.1) is 5.92 Å². The van der Waals surface area contributed by atoms with Crippen molar-refractivity contribution in [1.29, 1.82) is 0 Å². The van der Waals surface area contributed by atoms with E-state index in [0.717, 1.165) is 0 Å². The van der Waals surface area contributed by atoms with Crippen LogP contribution in [-0.2, 0) is 5.11 Å². The number of hydrogen-bond donors (Lipinski definition) is 0. The van der Waals surface area contributed by atoms with Gasteiger partial charge in [-0.3, -0.25) is 0 Å². The van der Waals surface area contributed by atoms with Crippen LogP contribution in [0.1, 0.15) is 19.9 Å². The average molecular weight is 153 g/mol. The molecule has 0 amide bonds. The number of nitrogens with zero attached hydrogens (tertiary/aromatic N) is 2. The third-order valence-electron chi connectivity index (χ3n) is 1.85. The fourth-order valence-electron chi connectivity index (χ4n) is 1.09. The molecular formula is C8H13N2O. The van der Waals surface area contributed by atoms with Crippen molar-refractivity contribution in [2.24, 2.45) is 5.92 Å². The highest BCUT2D eigenvalue weighted by atomic mass is 16.3. The normalized spacial score (nSPS) is 13.8. The highest BCUT2D eigenvalue weighted by molar-refractivity contribution is 4.81. The van der Waals surface area contributed by atoms with Gasteiger partial charge in [0.05, 0.1) is 12.4 Å². The lowest BCUT2D eigenvalue weighted by Gasteiger charge is -2.18. The maximum absolute atomic E-state index is 10.7. The Morgan fingerprint density at radius 1 is 1.55 bits per heavy atom. The topological polar surface area (TPSA) is 37.7 Å². The highest BCUT2D eigenvalue weighted by Crippen LogP contribution is 2.15. The van der Waals surface area contributed by atoms with Gasteiger partial charge in [-0.1, -0.05) is 13.8 Å². The Morgan fingerprint density at radius 3 is 2.64 bits per heavy atom. The average Bonchev–Trinajstić information content (AvgIpc) is 2.40. The van der Waals surface area contributed by atoms with Crippen LogP contribution in [0.2, 0.25) is 0 Å². The van der Waals surface area contributed by atoms with E-state index < -0.39 is 0 Å². The third kappa shape index (κ3) is 1.80. The van der Waals surface area contributed by atoms with E-state index in [1.165, 1.54) is 0 Å². The Morgan fingerprint density at radius 2 is 2.27 bits per heavy atom. The van der Waals surface area contributed by atoms with Gasteiger partial charge in [-0.05, 0) is 5.92 Å². The summed E-state index contributed by atoms with van der Waals surface area (Å²) < 4.78 is 1.87. The number of aromatic nitrogens is 2. The van der Waals surface area contributed by atoms with Gasteiger partial charge in [0, 0.05) is 12.4 Å². The molecule has 1 heterocycles. The van der Waals surface area contributed by atoms with Crippen LogP contribution in [0.3, 0.4) is 0 Å². The highest BCUT2D eigenvalue weighted by Gasteiger charge is 2.13. The zero-order chi connectivity index (χ0) is 8.27. The van der Waals surface area contributed by atoms with Gasteiger partial charge in [-0.25, -0.2) is 10.1 Å². The summed E-state index contributed by atoms with van der Waals surface area (Å²) >= 11 is 0. The van der Waals surface area contributed by atoms with E-state index in [1.54, 1.807) is 12.5 Å². The van der Waals surface area contributed by atoms with E-state index in [-0.39, 0.29) is 12.6 Å². The van der Waals surface area contributed by atoms with Gasteiger partial charge in [0.15, 0.2) is 0 Å². The molecule has 0 aliphatic heterocycles. The molecule has 0 saturated carbocycles. The lowest BCUT2D eigenvalue weighted by molar-refractivity contribution is 0.124. The van der Waals surface area contributed by atoms with Crippen molar-refractivity contribution >= 4 is 0 Å². The number of hydrogen-bond acceptors (Lipinski definition) is 1. The van der Waals surface area contributed by atoms with E-state index in [9.17, 15) is 5.11 Å². The molecule has 1 aromatic heterocycles. The van der Waals surface area contributed by atoms with Crippen molar-refractivity contribution in [2.45, 2.75) is 19.9 Å². The summed E-state index contributed by atoms with van der Waals surface area (Å²) in [6.45, 7) is 4.01. The van der Waals surface area contributed by atoms with Crippen molar-refractivity contribution < 1.29 is 5.11 Å². The summed E-state index contributed by atoms with van der Waals surface area (Å²) in [5, 5.41) is 10.7. The minimum atomic E-state index is -0.0754. The molecule has 1 unspecified atom stereocenters. The van der Waals surface area contributed by atoms with Crippen LogP contribution in [0.5, 0.6) is 0 Å². The molecule has 61 valence electrons. The zero-order valence-electron chi connectivity index (χ0n) is 6.90. The van der Waals surface area contributed by atoms with E-state index in [1.807, 2.05) is 24.6 Å². The first-order chi connectivity index (χ1) is 5.25. The van der Waals surface area contributed by atoms with Crippen LogP contribution in [0.25, 0.3) is 0 Å². The summed E-state index contributed by atoms with van der Waals surface area (Å²) in [4.78, 5) is 3.90. The number of rotatable bonds is 3. The Labute approximate surface area is 66.7 Å². The SMILES string of the molecule is CC(C)C(C[O])n1ccnc1. The largest absolute Gasteiger partial charge is 0.332 e. The van der Waals surface area contributed by atoms with Gasteiger partial charge in [0.2, 0.25) is 0 Å². The van der Waals surface area contributed by atoms with Crippen molar-refractivity contribution in [3.8, 4) is 0 Å². The van der Waals surface area contributed by atoms with E-state index >= 15 is 0 Å². The molecule has 0 bridgehead atoms. The Balaban J connectivity index is 2.71. The molecule has 1 atom stereocenters. The summed E-state index contributed by atoms with van der Waals surface area (Å²) in [6, 6.07) is 0.0532. The molecule has 1 radical (unpaired) electrons. The van der Waals surface area contributed by atoms with Crippen molar-refractivity contribution in [3.63, 3.8) is 0 Å². The maximum atomic E-state index is 10.7. The van der Waals surface area contributed by atoms with E-state index in [2.05, 4.69) is 4.98 Å². The fraction of sp³-hybridized carbons (Fsp3) is 0.625. The zero-order valence-corrected chi connectivity index (χ0v) is 6.90. The predicted octanol–water partition coefficient (Wildman–Crippen LogP) is 1.51. The van der Waals surface area contributed by atoms with E-state index in [4.69, 9.17) is 0 Å². The third-order valence-corrected chi connectivity index (χ3v) is 1.85. The molecule has 0 aliphatic carbocycles. The smallest absolute Gasteiger partial charge is 0.103 e. The molecule has 0 aromatic carbocycles. The second kappa shape index (κ2) is 3.53. The van der Waals surface area contributed by atoms with Crippen molar-refractivity contribution in [1.82, 2.24) is 9.55 Å². The summed E-state index contributed by atoms with van der Waals surface area (Å²) in [6.07, 6.45) is 5.23. The molecule has 3 nitrogen and oxygen atoms in total. The summed E-state index contributed by atoms with van der Waals surface area (Å²) in [5.74, 6) is 0.377. The summed E-state index contributed by atoms with van der Waals surface area (Å²) in [7, 11) is 0. The first-order valence-electron chi connectivity index (χ1n) is 3.81. The Kier molecular flexibility index (Phi) is 2.65. The standard InChI is InChI=1S/C8H13N2O/c1-7(2)8(5-11)10-4-3-9-6-10/h3-4,6-8H,5H2,1-2H3. The minimum absolute atomic E-state index is 0.0532. The molecule has 1 aromatic rings. The monoisotopic (exact) mass is 153 g/mol. The second-order valence-corrected chi connectivity index (χ2v) is 2.99. The van der Waals surface area contributed by atoms with Crippen LogP contribution >= 0.6 is 0 Å². The Hall–Kier alpha value is -0.830. The molecule has 0 N–H and O–H groups in total. The van der Waals surface area contributed by atoms with Gasteiger partial charge in [-0.15, -0.1) is 0 Å². The molecular weight excluding hydrogens is 140 g/mol. The molecule has 1 rings (SSSR count). The fourth-order valence-corrected chi connectivity index (χ4v) is 1.09. The first-order valence-corrected chi connectivity index (χ1v) is 3.81. The van der Waals surface area contributed by atoms with Gasteiger partial charge in [0.25, 0.3) is 0 Å². The molecule has 0 fully saturated rings. The van der Waals surface area contributed by atoms with Crippen LogP contribution in [0.4, 0.5) is 0 Å². The minimum Gasteiger partial charge on any atom is -0.332 e. The Bertz CT molecular complexity index is 194. The number of imidazole rings is 1. The molecule has 0 saturated heterocycles. The van der Waals surface area contributed by atoms with Gasteiger partial charge < -0.3 is 4.57 Å². The predicted molar refractivity (Wildman–Crippen MR) is 41.7 cm³/mol. The van der Waals surface area contributed by atoms with Gasteiger partial charge in [0.1, 0.15) is 6.61 Å². The molecule has 0 spiro atoms. The summed E-state index contributed by atoms with van der Waals surface area (Å²) in [5.41, 5.74) is 0. The van der Waals surface area contributed by atoms with Gasteiger partial charge >= 0.3 is 0 Å². The van der Waals surface area contributed by atoms with E-state index in [0.29, 0.717) is 5.92 Å². The lowest BCUT2D eigenvalue weighted by atomic mass is 10.1. The van der Waals surface area contributed by atoms with Crippen molar-refractivity contribution in [3.05, 3.63) is 18.7 Å². The van der Waals surface area contributed by atoms with Gasteiger partial charge in [-0.2, -0.15) is 0 Å². The van der Waals surface area contributed by atoms with Crippen LogP contribution in [-0.4, -0.2) is 16.2 Å². The molecule has 11 heavy (non-hydrogen) atoms. The molecule has 3 heteroatoms. The second-order valence-electron chi connectivity index (χ2n) is 2.99. The lowest BCUT2D eigenvalue weighted by Crippen LogP contribution is -2.16. The van der Waals surface area contributed by atoms with Crippen LogP contribution in [0.15, 0.2) is 18.7 Å². The quantitative estimate of drug-likeness (QED) is 0.648. The van der Waals surface area contributed by atoms with Crippen molar-refractivity contribution in [2.75, 3.05) is 6.61 Å². The van der Waals surface area contributed by atoms with Crippen LogP contribution < -0.4 is 0 Å². The first kappa shape index (κ1) is 8.27. The maximum Gasteiger partial charge on any atom is 0.103 e.